The monoisotopic (exact) mass is 252 g/mol. The van der Waals surface area contributed by atoms with Crippen LogP contribution in [0.5, 0.6) is 0 Å². The second kappa shape index (κ2) is 7.29. The largest absolute Gasteiger partial charge is 0.397 e. The van der Waals surface area contributed by atoms with Gasteiger partial charge in [-0.2, -0.15) is 0 Å². The Balaban J connectivity index is 0.00000137. The lowest BCUT2D eigenvalue weighted by Crippen LogP contribution is -2.26. The van der Waals surface area contributed by atoms with Gasteiger partial charge >= 0.3 is 0 Å². The molecule has 0 saturated carbocycles. The van der Waals surface area contributed by atoms with Crippen molar-refractivity contribution in [1.82, 2.24) is 5.01 Å². The van der Waals surface area contributed by atoms with Crippen LogP contribution in [-0.4, -0.2) is 17.0 Å². The molecule has 100 valence electrons. The number of rotatable bonds is 3. The summed E-state index contributed by atoms with van der Waals surface area (Å²) in [5.41, 5.74) is 7.52. The fourth-order valence-corrected chi connectivity index (χ4v) is 1.19. The Bertz CT molecular complexity index is 441. The molecule has 6 heteroatoms. The molecule has 0 heterocycles. The number of allylic oxidation sites excluding steroid dienone is 1. The second-order valence-electron chi connectivity index (χ2n) is 3.42. The van der Waals surface area contributed by atoms with Crippen molar-refractivity contribution in [2.45, 2.75) is 20.8 Å². The smallest absolute Gasteiger partial charge is 0.270 e. The molecule has 0 fully saturated rings. The molecule has 0 aliphatic carbocycles. The zero-order chi connectivity index (χ0) is 14.3. The first-order chi connectivity index (χ1) is 8.43. The van der Waals surface area contributed by atoms with Gasteiger partial charge in [-0.1, -0.05) is 26.0 Å². The highest BCUT2D eigenvalue weighted by atomic mass is 16.6. The van der Waals surface area contributed by atoms with E-state index >= 15 is 0 Å². The fourth-order valence-electron chi connectivity index (χ4n) is 1.19. The molecule has 1 aromatic rings. The summed E-state index contributed by atoms with van der Waals surface area (Å²) in [6.45, 7) is 5.74. The van der Waals surface area contributed by atoms with E-state index in [9.17, 15) is 10.1 Å². The lowest BCUT2D eigenvalue weighted by atomic mass is 10.1. The topological polar surface area (TPSA) is 98.4 Å². The first-order valence-corrected chi connectivity index (χ1v) is 5.63. The third-order valence-electron chi connectivity index (χ3n) is 2.29. The first-order valence-electron chi connectivity index (χ1n) is 5.63. The fraction of sp³-hybridized carbons (Fsp3) is 0.333. The average molecular weight is 252 g/mol. The molecular weight excluding hydrogens is 232 g/mol. The zero-order valence-electron chi connectivity index (χ0n) is 11.2. The summed E-state index contributed by atoms with van der Waals surface area (Å²) in [4.78, 5) is 10.1. The Morgan fingerprint density at radius 2 is 1.94 bits per heavy atom. The van der Waals surface area contributed by atoms with Gasteiger partial charge in [0.25, 0.3) is 5.69 Å². The molecule has 0 aliphatic rings. The van der Waals surface area contributed by atoms with Crippen molar-refractivity contribution >= 4 is 11.4 Å². The van der Waals surface area contributed by atoms with Crippen molar-refractivity contribution in [3.8, 4) is 0 Å². The van der Waals surface area contributed by atoms with E-state index in [1.54, 1.807) is 26.1 Å². The number of nitro groups is 1. The maximum absolute atomic E-state index is 10.6. The Labute approximate surface area is 107 Å². The molecule has 4 N–H and O–H groups in total. The number of hydrogen-bond donors (Lipinski definition) is 2. The summed E-state index contributed by atoms with van der Waals surface area (Å²) in [5.74, 6) is 5.53. The van der Waals surface area contributed by atoms with E-state index in [0.717, 1.165) is 0 Å². The Kier molecular flexibility index (Phi) is 6.44. The summed E-state index contributed by atoms with van der Waals surface area (Å²) < 4.78 is 0. The lowest BCUT2D eigenvalue weighted by Gasteiger charge is -2.15. The van der Waals surface area contributed by atoms with Crippen LogP contribution in [0.4, 0.5) is 5.69 Å². The molecule has 18 heavy (non-hydrogen) atoms. The minimum absolute atomic E-state index is 0.00734. The van der Waals surface area contributed by atoms with Crippen molar-refractivity contribution < 1.29 is 4.92 Å². The van der Waals surface area contributed by atoms with E-state index in [-0.39, 0.29) is 5.69 Å². The molecule has 0 radical (unpaired) electrons. The SMILES string of the molecule is C/C(=C(/N)c1cccc([N+](=O)[O-])c1)N(C)N.CC. The maximum Gasteiger partial charge on any atom is 0.270 e. The van der Waals surface area contributed by atoms with Crippen LogP contribution >= 0.6 is 0 Å². The molecule has 0 atom stereocenters. The number of hydrazine groups is 1. The number of nitrogens with two attached hydrogens (primary N) is 2. The second-order valence-corrected chi connectivity index (χ2v) is 3.42. The molecule has 0 bridgehead atoms. The van der Waals surface area contributed by atoms with Gasteiger partial charge in [0.15, 0.2) is 0 Å². The number of non-ortho nitro benzene ring substituents is 1. The van der Waals surface area contributed by atoms with Gasteiger partial charge in [-0.05, 0) is 6.92 Å². The van der Waals surface area contributed by atoms with Crippen LogP contribution in [0, 0.1) is 10.1 Å². The minimum Gasteiger partial charge on any atom is -0.397 e. The van der Waals surface area contributed by atoms with Gasteiger partial charge in [0.2, 0.25) is 0 Å². The Morgan fingerprint density at radius 3 is 2.39 bits per heavy atom. The molecule has 0 aliphatic heterocycles. The van der Waals surface area contributed by atoms with Crippen molar-refractivity contribution in [3.05, 3.63) is 45.6 Å². The van der Waals surface area contributed by atoms with Crippen LogP contribution in [0.15, 0.2) is 30.0 Å². The zero-order valence-corrected chi connectivity index (χ0v) is 11.2. The molecule has 1 aromatic carbocycles. The van der Waals surface area contributed by atoms with Crippen molar-refractivity contribution in [3.63, 3.8) is 0 Å². The highest BCUT2D eigenvalue weighted by molar-refractivity contribution is 5.66. The Hall–Kier alpha value is -2.08. The predicted molar refractivity (Wildman–Crippen MR) is 73.2 cm³/mol. The maximum atomic E-state index is 10.6. The van der Waals surface area contributed by atoms with Gasteiger partial charge in [-0.15, -0.1) is 0 Å². The minimum atomic E-state index is -0.460. The Morgan fingerprint density at radius 1 is 1.39 bits per heavy atom. The molecule has 0 unspecified atom stereocenters. The third kappa shape index (κ3) is 4.06. The summed E-state index contributed by atoms with van der Waals surface area (Å²) in [6.07, 6.45) is 0. The van der Waals surface area contributed by atoms with E-state index in [0.29, 0.717) is 17.0 Å². The van der Waals surface area contributed by atoms with Crippen molar-refractivity contribution in [2.24, 2.45) is 11.6 Å². The molecule has 0 aromatic heterocycles. The molecule has 6 nitrogen and oxygen atoms in total. The quantitative estimate of drug-likeness (QED) is 0.487. The van der Waals surface area contributed by atoms with Crippen LogP contribution in [0.25, 0.3) is 5.70 Å². The predicted octanol–water partition coefficient (Wildman–Crippen LogP) is 2.07. The summed E-state index contributed by atoms with van der Waals surface area (Å²) in [5, 5.41) is 12.0. The summed E-state index contributed by atoms with van der Waals surface area (Å²) in [7, 11) is 1.65. The molecule has 0 spiro atoms. The lowest BCUT2D eigenvalue weighted by molar-refractivity contribution is -0.384. The van der Waals surface area contributed by atoms with E-state index in [2.05, 4.69) is 0 Å². The molecule has 1 rings (SSSR count). The number of nitrogens with zero attached hydrogens (tertiary/aromatic N) is 2. The van der Waals surface area contributed by atoms with Crippen LogP contribution in [0.1, 0.15) is 26.3 Å². The highest BCUT2D eigenvalue weighted by Gasteiger charge is 2.09. The van der Waals surface area contributed by atoms with Gasteiger partial charge in [0.05, 0.1) is 10.6 Å². The summed E-state index contributed by atoms with van der Waals surface area (Å²) >= 11 is 0. The number of benzene rings is 1. The molecular formula is C12H20N4O2. The van der Waals surface area contributed by atoms with Crippen molar-refractivity contribution in [2.75, 3.05) is 7.05 Å². The highest BCUT2D eigenvalue weighted by Crippen LogP contribution is 2.19. The number of hydrogen-bond acceptors (Lipinski definition) is 5. The van der Waals surface area contributed by atoms with E-state index in [1.807, 2.05) is 13.8 Å². The third-order valence-corrected chi connectivity index (χ3v) is 2.29. The van der Waals surface area contributed by atoms with Crippen LogP contribution in [0.2, 0.25) is 0 Å². The van der Waals surface area contributed by atoms with E-state index in [4.69, 9.17) is 11.6 Å². The standard InChI is InChI=1S/C10H14N4O2.C2H6/c1-7(13(2)12)10(11)8-4-3-5-9(6-8)14(15)16;1-2/h3-6H,11-12H2,1-2H3;1-2H3/b10-7-;. The van der Waals surface area contributed by atoms with Crippen LogP contribution in [-0.2, 0) is 0 Å². The molecule has 0 saturated heterocycles. The van der Waals surface area contributed by atoms with Gasteiger partial charge in [0.1, 0.15) is 0 Å². The van der Waals surface area contributed by atoms with Crippen LogP contribution < -0.4 is 11.6 Å². The normalized spacial score (nSPS) is 10.9. The summed E-state index contributed by atoms with van der Waals surface area (Å²) in [6, 6.07) is 6.13. The van der Waals surface area contributed by atoms with Gasteiger partial charge in [-0.3, -0.25) is 10.1 Å². The van der Waals surface area contributed by atoms with Crippen molar-refractivity contribution in [1.29, 1.82) is 0 Å². The average Bonchev–Trinajstić information content (AvgIpc) is 2.39. The van der Waals surface area contributed by atoms with Gasteiger partial charge < -0.3 is 10.7 Å². The van der Waals surface area contributed by atoms with Gasteiger partial charge in [-0.25, -0.2) is 5.84 Å². The first kappa shape index (κ1) is 15.9. The number of nitro benzene ring substituents is 1. The molecule has 0 amide bonds. The van der Waals surface area contributed by atoms with Crippen LogP contribution in [0.3, 0.4) is 0 Å². The van der Waals surface area contributed by atoms with E-state index < -0.39 is 4.92 Å². The van der Waals surface area contributed by atoms with Gasteiger partial charge in [0, 0.05) is 30.4 Å². The van der Waals surface area contributed by atoms with E-state index in [1.165, 1.54) is 17.1 Å².